The van der Waals surface area contributed by atoms with Gasteiger partial charge >= 0.3 is 0 Å². The van der Waals surface area contributed by atoms with Crippen LogP contribution >= 0.6 is 11.6 Å². The van der Waals surface area contributed by atoms with Crippen LogP contribution in [0.25, 0.3) is 22.4 Å². The highest BCUT2D eigenvalue weighted by Crippen LogP contribution is 2.33. The molecule has 0 radical (unpaired) electrons. The summed E-state index contributed by atoms with van der Waals surface area (Å²) in [6, 6.07) is 8.01. The van der Waals surface area contributed by atoms with Crippen LogP contribution in [0, 0.1) is 13.8 Å². The number of aromatic nitrogens is 3. The van der Waals surface area contributed by atoms with Gasteiger partial charge in [-0.15, -0.1) is 0 Å². The minimum atomic E-state index is -4.19. The molecule has 4 rings (SSSR count). The first-order chi connectivity index (χ1) is 15.1. The SMILES string of the molecule is Cc1cc([C@@H](C)Oc2ccc(Cl)nc2S(N)(=O)=O)c2oc(-c3ccn[nH]3)c(C)c(=O)c2c1. The molecule has 0 bridgehead atoms. The maximum atomic E-state index is 13.1. The zero-order chi connectivity index (χ0) is 23.2. The van der Waals surface area contributed by atoms with E-state index in [2.05, 4.69) is 15.2 Å². The number of rotatable bonds is 5. The Morgan fingerprint density at radius 1 is 1.22 bits per heavy atom. The fourth-order valence-electron chi connectivity index (χ4n) is 3.46. The fourth-order valence-corrected chi connectivity index (χ4v) is 4.28. The summed E-state index contributed by atoms with van der Waals surface area (Å²) in [5.74, 6) is 0.290. The molecule has 11 heteroatoms. The van der Waals surface area contributed by atoms with E-state index in [4.69, 9.17) is 25.9 Å². The number of pyridine rings is 1. The zero-order valence-corrected chi connectivity index (χ0v) is 18.9. The predicted molar refractivity (Wildman–Crippen MR) is 119 cm³/mol. The van der Waals surface area contributed by atoms with Crippen LogP contribution in [0.2, 0.25) is 5.15 Å². The number of nitrogens with zero attached hydrogens (tertiary/aromatic N) is 2. The smallest absolute Gasteiger partial charge is 0.259 e. The van der Waals surface area contributed by atoms with Crippen LogP contribution in [0.15, 0.2) is 50.8 Å². The number of nitrogens with two attached hydrogens (primary N) is 1. The molecule has 0 amide bonds. The van der Waals surface area contributed by atoms with Crippen molar-refractivity contribution in [1.29, 1.82) is 0 Å². The maximum Gasteiger partial charge on any atom is 0.259 e. The predicted octanol–water partition coefficient (Wildman–Crippen LogP) is 3.64. The number of ether oxygens (including phenoxy) is 1. The first-order valence-electron chi connectivity index (χ1n) is 9.50. The lowest BCUT2D eigenvalue weighted by molar-refractivity contribution is 0.219. The first kappa shape index (κ1) is 22.0. The van der Waals surface area contributed by atoms with Crippen molar-refractivity contribution in [2.75, 3.05) is 0 Å². The number of aromatic amines is 1. The third kappa shape index (κ3) is 3.99. The van der Waals surface area contributed by atoms with E-state index in [0.717, 1.165) is 5.56 Å². The van der Waals surface area contributed by atoms with E-state index in [1.165, 1.54) is 12.1 Å². The Labute approximate surface area is 188 Å². The van der Waals surface area contributed by atoms with Crippen LogP contribution < -0.4 is 15.3 Å². The van der Waals surface area contributed by atoms with Crippen molar-refractivity contribution < 1.29 is 17.6 Å². The van der Waals surface area contributed by atoms with Gasteiger partial charge in [0.2, 0.25) is 5.03 Å². The number of aryl methyl sites for hydroxylation is 1. The normalized spacial score (nSPS) is 12.8. The number of halogens is 1. The summed E-state index contributed by atoms with van der Waals surface area (Å²) < 4.78 is 36.0. The monoisotopic (exact) mass is 474 g/mol. The minimum Gasteiger partial charge on any atom is -0.483 e. The summed E-state index contributed by atoms with van der Waals surface area (Å²) in [6.45, 7) is 5.22. The number of hydrogen-bond acceptors (Lipinski definition) is 7. The molecule has 0 aliphatic heterocycles. The second kappa shape index (κ2) is 8.05. The van der Waals surface area contributed by atoms with Gasteiger partial charge in [0.1, 0.15) is 22.5 Å². The molecule has 3 N–H and O–H groups in total. The summed E-state index contributed by atoms with van der Waals surface area (Å²) in [6.07, 6.45) is 0.838. The van der Waals surface area contributed by atoms with Crippen molar-refractivity contribution in [2.24, 2.45) is 5.14 Å². The zero-order valence-electron chi connectivity index (χ0n) is 17.3. The molecular weight excluding hydrogens is 456 g/mol. The van der Waals surface area contributed by atoms with E-state index in [-0.39, 0.29) is 16.3 Å². The molecule has 0 aliphatic carbocycles. The van der Waals surface area contributed by atoms with Crippen molar-refractivity contribution in [3.05, 3.63) is 68.6 Å². The Bertz CT molecular complexity index is 1500. The lowest BCUT2D eigenvalue weighted by Gasteiger charge is -2.19. The third-order valence-corrected chi connectivity index (χ3v) is 5.98. The molecule has 0 fully saturated rings. The molecule has 0 spiro atoms. The summed E-state index contributed by atoms with van der Waals surface area (Å²) in [5.41, 5.74) is 2.48. The second-order valence-electron chi connectivity index (χ2n) is 7.33. The molecule has 1 atom stereocenters. The Kier molecular flexibility index (Phi) is 5.53. The van der Waals surface area contributed by atoms with Crippen molar-refractivity contribution in [2.45, 2.75) is 31.9 Å². The van der Waals surface area contributed by atoms with Gasteiger partial charge in [-0.3, -0.25) is 9.89 Å². The van der Waals surface area contributed by atoms with Crippen LogP contribution in [0.5, 0.6) is 5.75 Å². The number of hydrogen-bond donors (Lipinski definition) is 2. The van der Waals surface area contributed by atoms with Crippen molar-refractivity contribution in [3.8, 4) is 17.2 Å². The molecular formula is C21H19ClN4O5S. The van der Waals surface area contributed by atoms with Gasteiger partial charge in [-0.2, -0.15) is 5.10 Å². The van der Waals surface area contributed by atoms with E-state index in [1.807, 2.05) is 13.0 Å². The first-order valence-corrected chi connectivity index (χ1v) is 11.4. The van der Waals surface area contributed by atoms with Gasteiger partial charge in [0, 0.05) is 17.3 Å². The molecule has 0 unspecified atom stereocenters. The maximum absolute atomic E-state index is 13.1. The van der Waals surface area contributed by atoms with Crippen LogP contribution in [0.4, 0.5) is 0 Å². The average molecular weight is 475 g/mol. The summed E-state index contributed by atoms with van der Waals surface area (Å²) in [5, 5.41) is 11.8. The highest BCUT2D eigenvalue weighted by molar-refractivity contribution is 7.89. The molecule has 0 aliphatic rings. The molecule has 166 valence electrons. The molecule has 4 aromatic rings. The Morgan fingerprint density at radius 2 is 1.97 bits per heavy atom. The van der Waals surface area contributed by atoms with Gasteiger partial charge < -0.3 is 9.15 Å². The number of benzene rings is 1. The van der Waals surface area contributed by atoms with E-state index in [9.17, 15) is 13.2 Å². The topological polar surface area (TPSA) is 141 Å². The summed E-state index contributed by atoms with van der Waals surface area (Å²) in [4.78, 5) is 16.9. The van der Waals surface area contributed by atoms with E-state index >= 15 is 0 Å². The van der Waals surface area contributed by atoms with E-state index in [0.29, 0.717) is 33.6 Å². The fraction of sp³-hybridized carbons (Fsp3) is 0.190. The Balaban J connectivity index is 1.89. The lowest BCUT2D eigenvalue weighted by atomic mass is 10.0. The number of primary sulfonamides is 1. The largest absolute Gasteiger partial charge is 0.483 e. The second-order valence-corrected chi connectivity index (χ2v) is 9.19. The van der Waals surface area contributed by atoms with Gasteiger partial charge in [0.05, 0.1) is 5.39 Å². The highest BCUT2D eigenvalue weighted by Gasteiger charge is 2.23. The van der Waals surface area contributed by atoms with Crippen LogP contribution in [-0.4, -0.2) is 23.6 Å². The number of sulfonamides is 1. The van der Waals surface area contributed by atoms with Crippen LogP contribution in [0.3, 0.4) is 0 Å². The molecule has 1 aromatic carbocycles. The number of fused-ring (bicyclic) bond motifs is 1. The molecule has 9 nitrogen and oxygen atoms in total. The van der Waals surface area contributed by atoms with E-state index < -0.39 is 21.2 Å². The lowest BCUT2D eigenvalue weighted by Crippen LogP contribution is -2.17. The molecule has 3 heterocycles. The van der Waals surface area contributed by atoms with E-state index in [1.54, 1.807) is 32.2 Å². The quantitative estimate of drug-likeness (QED) is 0.420. The average Bonchev–Trinajstić information content (AvgIpc) is 3.25. The van der Waals surface area contributed by atoms with Crippen molar-refractivity contribution in [3.63, 3.8) is 0 Å². The highest BCUT2D eigenvalue weighted by atomic mass is 35.5. The number of H-pyrrole nitrogens is 1. The summed E-state index contributed by atoms with van der Waals surface area (Å²) >= 11 is 5.83. The Hall–Kier alpha value is -3.21. The standard InChI is InChI=1S/C21H19ClN4O5S/c1-10-8-13(12(3)30-16-4-5-17(22)25-21(16)32(23,28)29)20-14(9-10)18(27)11(2)19(31-20)15-6-7-24-26-15/h4-9,12H,1-3H3,(H,24,26)(H2,23,28,29)/t12-/m1/s1. The Morgan fingerprint density at radius 3 is 2.62 bits per heavy atom. The third-order valence-electron chi connectivity index (χ3n) is 4.94. The molecule has 0 saturated carbocycles. The van der Waals surface area contributed by atoms with Gasteiger partial charge in [-0.25, -0.2) is 18.5 Å². The van der Waals surface area contributed by atoms with Crippen molar-refractivity contribution >= 4 is 32.6 Å². The van der Waals surface area contributed by atoms with Crippen LogP contribution in [0.1, 0.15) is 29.7 Å². The van der Waals surface area contributed by atoms with Gasteiger partial charge in [0.15, 0.2) is 16.9 Å². The van der Waals surface area contributed by atoms with Gasteiger partial charge in [0.25, 0.3) is 10.0 Å². The molecule has 0 saturated heterocycles. The van der Waals surface area contributed by atoms with Crippen LogP contribution in [-0.2, 0) is 10.0 Å². The number of nitrogens with one attached hydrogen (secondary N) is 1. The minimum absolute atomic E-state index is 0.0410. The molecule has 3 aromatic heterocycles. The van der Waals surface area contributed by atoms with Gasteiger partial charge in [-0.1, -0.05) is 11.6 Å². The summed E-state index contributed by atoms with van der Waals surface area (Å²) in [7, 11) is -4.19. The van der Waals surface area contributed by atoms with Gasteiger partial charge in [-0.05, 0) is 56.7 Å². The van der Waals surface area contributed by atoms with Crippen molar-refractivity contribution in [1.82, 2.24) is 15.2 Å². The molecule has 32 heavy (non-hydrogen) atoms.